The molecule has 0 N–H and O–H groups in total. The topological polar surface area (TPSA) is 66.2 Å². The third-order valence-electron chi connectivity index (χ3n) is 2.48. The fourth-order valence-corrected chi connectivity index (χ4v) is 2.22. The van der Waals surface area contributed by atoms with E-state index < -0.39 is 0 Å². The number of thioether (sulfide) groups is 1. The number of rotatable bonds is 8. The van der Waals surface area contributed by atoms with Crippen LogP contribution in [0.5, 0.6) is 0 Å². The van der Waals surface area contributed by atoms with E-state index >= 15 is 0 Å². The maximum Gasteiger partial charge on any atom is 0.332 e. The van der Waals surface area contributed by atoms with E-state index in [9.17, 15) is 4.79 Å². The summed E-state index contributed by atoms with van der Waals surface area (Å²) in [7, 11) is 0. The lowest BCUT2D eigenvalue weighted by Gasteiger charge is -2.02. The van der Waals surface area contributed by atoms with E-state index in [1.807, 2.05) is 30.3 Å². The molecule has 0 amide bonds. The van der Waals surface area contributed by atoms with Crippen molar-refractivity contribution < 1.29 is 14.3 Å². The van der Waals surface area contributed by atoms with E-state index in [0.717, 1.165) is 5.69 Å². The molecule has 21 heavy (non-hydrogen) atoms. The van der Waals surface area contributed by atoms with Crippen LogP contribution in [0, 0.1) is 0 Å². The van der Waals surface area contributed by atoms with Crippen LogP contribution in [0.25, 0.3) is 5.69 Å². The van der Waals surface area contributed by atoms with Crippen LogP contribution in [-0.4, -0.2) is 46.3 Å². The summed E-state index contributed by atoms with van der Waals surface area (Å²) in [6.45, 7) is 2.57. The van der Waals surface area contributed by atoms with Crippen molar-refractivity contribution in [3.63, 3.8) is 0 Å². The Labute approximate surface area is 127 Å². The van der Waals surface area contributed by atoms with Crippen molar-refractivity contribution in [3.05, 3.63) is 36.7 Å². The molecule has 1 aromatic carbocycles. The third-order valence-corrected chi connectivity index (χ3v) is 3.29. The van der Waals surface area contributed by atoms with Crippen LogP contribution in [0.2, 0.25) is 0 Å². The second-order valence-electron chi connectivity index (χ2n) is 4.01. The molecule has 0 bridgehead atoms. The Hall–Kier alpha value is -1.86. The summed E-state index contributed by atoms with van der Waals surface area (Å²) in [5, 5.41) is 5.04. The number of nitrogens with zero attached hydrogens (tertiary/aromatic N) is 3. The number of ether oxygens (including phenoxy) is 2. The first-order valence-corrected chi connectivity index (χ1v) is 7.61. The summed E-state index contributed by atoms with van der Waals surface area (Å²) in [4.78, 5) is 15.3. The van der Waals surface area contributed by atoms with Gasteiger partial charge in [-0.3, -0.25) is 0 Å². The number of esters is 1. The van der Waals surface area contributed by atoms with E-state index in [1.165, 1.54) is 11.8 Å². The molecule has 1 aromatic heterocycles. The minimum absolute atomic E-state index is 0.0136. The number of aromatic nitrogens is 3. The summed E-state index contributed by atoms with van der Waals surface area (Å²) >= 11 is 1.48. The maximum atomic E-state index is 11.1. The summed E-state index contributed by atoms with van der Waals surface area (Å²) < 4.78 is 11.7. The van der Waals surface area contributed by atoms with Crippen molar-refractivity contribution in [2.24, 2.45) is 0 Å². The Balaban J connectivity index is 1.70. The minimum atomic E-state index is -0.339. The highest BCUT2D eigenvalue weighted by Gasteiger charge is 2.04. The molecule has 0 aliphatic carbocycles. The van der Waals surface area contributed by atoms with Gasteiger partial charge in [-0.1, -0.05) is 30.0 Å². The van der Waals surface area contributed by atoms with E-state index in [2.05, 4.69) is 10.1 Å². The summed E-state index contributed by atoms with van der Waals surface area (Å²) in [6, 6.07) is 9.79. The zero-order chi connectivity index (χ0) is 14.9. The number of para-hydroxylation sites is 1. The highest BCUT2D eigenvalue weighted by molar-refractivity contribution is 7.99. The average molecular weight is 307 g/mol. The van der Waals surface area contributed by atoms with Crippen molar-refractivity contribution in [1.29, 1.82) is 0 Å². The molecule has 0 aliphatic rings. The van der Waals surface area contributed by atoms with Crippen molar-refractivity contribution in [1.82, 2.24) is 14.8 Å². The second-order valence-corrected chi connectivity index (χ2v) is 5.08. The molecule has 2 aromatic rings. The van der Waals surface area contributed by atoms with Gasteiger partial charge in [0.1, 0.15) is 12.9 Å². The molecular formula is C14H17N3O3S. The van der Waals surface area contributed by atoms with Crippen LogP contribution in [0.4, 0.5) is 0 Å². The number of benzene rings is 1. The highest BCUT2D eigenvalue weighted by atomic mass is 32.2. The van der Waals surface area contributed by atoms with Gasteiger partial charge in [-0.15, -0.1) is 5.10 Å². The molecule has 0 unspecified atom stereocenters. The standard InChI is InChI=1S/C14H17N3O3S/c1-2-20-13(18)10-19-8-9-21-14-15-11-17(16-14)12-6-4-3-5-7-12/h3-7,11H,2,8-10H2,1H3. The predicted molar refractivity (Wildman–Crippen MR) is 79.5 cm³/mol. The monoisotopic (exact) mass is 307 g/mol. The van der Waals surface area contributed by atoms with Gasteiger partial charge in [-0.25, -0.2) is 14.5 Å². The summed E-state index contributed by atoms with van der Waals surface area (Å²) in [6.07, 6.45) is 1.68. The fourth-order valence-electron chi connectivity index (χ4n) is 1.57. The lowest BCUT2D eigenvalue weighted by molar-refractivity contribution is -0.148. The third kappa shape index (κ3) is 5.20. The Kier molecular flexibility index (Phi) is 6.23. The van der Waals surface area contributed by atoms with Crippen LogP contribution >= 0.6 is 11.8 Å². The van der Waals surface area contributed by atoms with Crippen molar-refractivity contribution in [2.75, 3.05) is 25.6 Å². The van der Waals surface area contributed by atoms with Gasteiger partial charge in [0, 0.05) is 5.75 Å². The largest absolute Gasteiger partial charge is 0.464 e. The van der Waals surface area contributed by atoms with E-state index in [1.54, 1.807) is 17.9 Å². The molecule has 2 rings (SSSR count). The summed E-state index contributed by atoms with van der Waals surface area (Å²) in [5.41, 5.74) is 0.968. The van der Waals surface area contributed by atoms with E-state index in [4.69, 9.17) is 9.47 Å². The number of hydrogen-bond donors (Lipinski definition) is 0. The first-order chi connectivity index (χ1) is 10.3. The maximum absolute atomic E-state index is 11.1. The molecule has 112 valence electrons. The summed E-state index contributed by atoms with van der Waals surface area (Å²) in [5.74, 6) is 0.340. The SMILES string of the molecule is CCOC(=O)COCCSc1ncn(-c2ccccc2)n1. The van der Waals surface area contributed by atoms with Gasteiger partial charge >= 0.3 is 5.97 Å². The van der Waals surface area contributed by atoms with Gasteiger partial charge in [0.05, 0.1) is 18.9 Å². The smallest absolute Gasteiger partial charge is 0.332 e. The number of hydrogen-bond acceptors (Lipinski definition) is 6. The zero-order valence-electron chi connectivity index (χ0n) is 11.8. The normalized spacial score (nSPS) is 10.5. The average Bonchev–Trinajstić information content (AvgIpc) is 2.97. The lowest BCUT2D eigenvalue weighted by Crippen LogP contribution is -2.13. The molecular weight excluding hydrogens is 290 g/mol. The van der Waals surface area contributed by atoms with Gasteiger partial charge < -0.3 is 9.47 Å². The van der Waals surface area contributed by atoms with Gasteiger partial charge in [-0.05, 0) is 19.1 Å². The molecule has 6 nitrogen and oxygen atoms in total. The molecule has 0 saturated carbocycles. The highest BCUT2D eigenvalue weighted by Crippen LogP contribution is 2.13. The van der Waals surface area contributed by atoms with Crippen LogP contribution in [0.3, 0.4) is 0 Å². The first kappa shape index (κ1) is 15.5. The molecule has 1 heterocycles. The minimum Gasteiger partial charge on any atom is -0.464 e. The number of carbonyl (C=O) groups excluding carboxylic acids is 1. The molecule has 0 saturated heterocycles. The lowest BCUT2D eigenvalue weighted by atomic mass is 10.3. The van der Waals surface area contributed by atoms with Crippen molar-refractivity contribution >= 4 is 17.7 Å². The quantitative estimate of drug-likeness (QED) is 0.422. The van der Waals surface area contributed by atoms with Crippen LogP contribution < -0.4 is 0 Å². The van der Waals surface area contributed by atoms with Crippen LogP contribution in [0.15, 0.2) is 41.8 Å². The molecule has 0 fully saturated rings. The fraction of sp³-hybridized carbons (Fsp3) is 0.357. The molecule has 0 radical (unpaired) electrons. The molecule has 7 heteroatoms. The zero-order valence-corrected chi connectivity index (χ0v) is 12.6. The molecule has 0 aliphatic heterocycles. The van der Waals surface area contributed by atoms with Gasteiger partial charge in [-0.2, -0.15) is 0 Å². The van der Waals surface area contributed by atoms with E-state index in [-0.39, 0.29) is 12.6 Å². The van der Waals surface area contributed by atoms with Crippen LogP contribution in [-0.2, 0) is 14.3 Å². The Morgan fingerprint density at radius 3 is 2.90 bits per heavy atom. The van der Waals surface area contributed by atoms with Crippen molar-refractivity contribution in [2.45, 2.75) is 12.1 Å². The van der Waals surface area contributed by atoms with Crippen molar-refractivity contribution in [3.8, 4) is 5.69 Å². The number of carbonyl (C=O) groups is 1. The molecule has 0 atom stereocenters. The van der Waals surface area contributed by atoms with Crippen LogP contribution in [0.1, 0.15) is 6.92 Å². The molecule has 0 spiro atoms. The first-order valence-electron chi connectivity index (χ1n) is 6.63. The predicted octanol–water partition coefficient (Wildman–Crippen LogP) is 1.94. The van der Waals surface area contributed by atoms with Gasteiger partial charge in [0.25, 0.3) is 0 Å². The van der Waals surface area contributed by atoms with Gasteiger partial charge in [0.15, 0.2) is 0 Å². The van der Waals surface area contributed by atoms with E-state index in [0.29, 0.717) is 24.1 Å². The Morgan fingerprint density at radius 2 is 2.14 bits per heavy atom. The Bertz CT molecular complexity index is 560. The second kappa shape index (κ2) is 8.43. The Morgan fingerprint density at radius 1 is 1.33 bits per heavy atom. The van der Waals surface area contributed by atoms with Gasteiger partial charge in [0.2, 0.25) is 5.16 Å².